The summed E-state index contributed by atoms with van der Waals surface area (Å²) in [7, 11) is 0. The number of nitrogens with zero attached hydrogens (tertiary/aromatic N) is 3. The average Bonchev–Trinajstić information content (AvgIpc) is 3.44. The van der Waals surface area contributed by atoms with E-state index in [4.69, 9.17) is 10.5 Å². The Morgan fingerprint density at radius 1 is 0.786 bits per heavy atom. The molecule has 0 unspecified atom stereocenters. The van der Waals surface area contributed by atoms with Gasteiger partial charge in [0.1, 0.15) is 18.0 Å². The highest BCUT2D eigenvalue weighted by Gasteiger charge is 2.37. The predicted molar refractivity (Wildman–Crippen MR) is 169 cm³/mol. The minimum atomic E-state index is -0.698. The molecule has 1 aromatic heterocycles. The molecular weight excluding hydrogens is 522 g/mol. The summed E-state index contributed by atoms with van der Waals surface area (Å²) in [5.74, 6) is 0.800. The van der Waals surface area contributed by atoms with Gasteiger partial charge in [0.15, 0.2) is 0 Å². The zero-order chi connectivity index (χ0) is 29.6. The smallest absolute Gasteiger partial charge is 0.414 e. The summed E-state index contributed by atoms with van der Waals surface area (Å²) in [5, 5.41) is 8.42. The number of ether oxygens (including phenoxy) is 1. The van der Waals surface area contributed by atoms with Gasteiger partial charge in [0.2, 0.25) is 0 Å². The van der Waals surface area contributed by atoms with Crippen LogP contribution in [-0.4, -0.2) is 28.0 Å². The summed E-state index contributed by atoms with van der Waals surface area (Å²) in [4.78, 5) is 14.9. The minimum Gasteiger partial charge on any atom is -0.447 e. The van der Waals surface area contributed by atoms with Crippen molar-refractivity contribution in [1.29, 1.82) is 0 Å². The number of rotatable bonds is 9. The van der Waals surface area contributed by atoms with E-state index in [9.17, 15) is 4.79 Å². The fourth-order valence-electron chi connectivity index (χ4n) is 5.26. The van der Waals surface area contributed by atoms with Crippen molar-refractivity contribution in [3.05, 3.63) is 144 Å². The number of carbonyl (C=O) groups is 1. The van der Waals surface area contributed by atoms with Crippen LogP contribution in [0.1, 0.15) is 37.5 Å². The molecule has 0 spiro atoms. The van der Waals surface area contributed by atoms with Crippen molar-refractivity contribution in [3.8, 4) is 0 Å². The number of nitrogens with two attached hydrogens (primary N) is 1. The van der Waals surface area contributed by atoms with Crippen molar-refractivity contribution in [3.63, 3.8) is 0 Å². The van der Waals surface area contributed by atoms with E-state index in [-0.39, 0.29) is 6.61 Å². The highest BCUT2D eigenvalue weighted by molar-refractivity contribution is 5.89. The number of amides is 1. The van der Waals surface area contributed by atoms with Crippen LogP contribution in [0.5, 0.6) is 0 Å². The van der Waals surface area contributed by atoms with Crippen molar-refractivity contribution in [2.75, 3.05) is 22.6 Å². The van der Waals surface area contributed by atoms with Crippen molar-refractivity contribution < 1.29 is 9.53 Å². The summed E-state index contributed by atoms with van der Waals surface area (Å²) in [5.41, 5.74) is 9.30. The van der Waals surface area contributed by atoms with E-state index in [2.05, 4.69) is 83.2 Å². The molecule has 0 bridgehead atoms. The van der Waals surface area contributed by atoms with E-state index in [1.807, 2.05) is 61.9 Å². The third-order valence-corrected chi connectivity index (χ3v) is 7.19. The van der Waals surface area contributed by atoms with E-state index in [0.29, 0.717) is 12.2 Å². The zero-order valence-corrected chi connectivity index (χ0v) is 24.3. The molecule has 5 rings (SSSR count). The van der Waals surface area contributed by atoms with Crippen LogP contribution in [0, 0.1) is 0 Å². The molecule has 214 valence electrons. The van der Waals surface area contributed by atoms with Crippen LogP contribution in [0.3, 0.4) is 0 Å². The molecule has 3 N–H and O–H groups in total. The maximum Gasteiger partial charge on any atom is 0.414 e. The second-order valence-electron chi connectivity index (χ2n) is 11.1. The summed E-state index contributed by atoms with van der Waals surface area (Å²) < 4.78 is 7.63. The predicted octanol–water partition coefficient (Wildman–Crippen LogP) is 7.31. The van der Waals surface area contributed by atoms with E-state index in [1.165, 1.54) is 0 Å². The molecule has 0 saturated carbocycles. The van der Waals surface area contributed by atoms with Crippen molar-refractivity contribution in [2.45, 2.75) is 38.4 Å². The zero-order valence-electron chi connectivity index (χ0n) is 24.3. The Labute approximate surface area is 247 Å². The van der Waals surface area contributed by atoms with Gasteiger partial charge in [-0.2, -0.15) is 5.10 Å². The Kier molecular flexibility index (Phi) is 8.29. The Balaban J connectivity index is 1.42. The normalized spacial score (nSPS) is 11.6. The molecule has 1 heterocycles. The lowest BCUT2D eigenvalue weighted by atomic mass is 9.77. The molecule has 5 aromatic rings. The van der Waals surface area contributed by atoms with Crippen LogP contribution < -0.4 is 16.0 Å². The van der Waals surface area contributed by atoms with Gasteiger partial charge in [0, 0.05) is 23.0 Å². The lowest BCUT2D eigenvalue weighted by molar-refractivity contribution is 0.143. The molecular formula is C35H37N5O2. The second-order valence-corrected chi connectivity index (χ2v) is 11.1. The van der Waals surface area contributed by atoms with Gasteiger partial charge in [-0.05, 0) is 61.7 Å². The van der Waals surface area contributed by atoms with Gasteiger partial charge in [-0.25, -0.2) is 9.48 Å². The van der Waals surface area contributed by atoms with Gasteiger partial charge < -0.3 is 15.8 Å². The fraction of sp³-hybridized carbons (Fsp3) is 0.200. The molecule has 7 nitrogen and oxygen atoms in total. The summed E-state index contributed by atoms with van der Waals surface area (Å²) in [6.45, 7) is 6.42. The van der Waals surface area contributed by atoms with E-state index >= 15 is 0 Å². The molecule has 0 radical (unpaired) electrons. The molecule has 0 aliphatic rings. The number of carbonyl (C=O) groups excluding carboxylic acids is 1. The molecule has 0 aliphatic carbocycles. The third kappa shape index (κ3) is 6.00. The van der Waals surface area contributed by atoms with Gasteiger partial charge in [-0.15, -0.1) is 0 Å². The Hall–Kier alpha value is -5.04. The monoisotopic (exact) mass is 559 g/mol. The molecule has 0 fully saturated rings. The van der Waals surface area contributed by atoms with E-state index in [1.54, 1.807) is 23.2 Å². The first kappa shape index (κ1) is 28.5. The number of hydrogen-bond donors (Lipinski definition) is 2. The number of anilines is 3. The van der Waals surface area contributed by atoms with Crippen LogP contribution in [0.4, 0.5) is 22.0 Å². The largest absolute Gasteiger partial charge is 0.447 e. The van der Waals surface area contributed by atoms with Crippen LogP contribution in [-0.2, 0) is 16.8 Å². The first-order valence-electron chi connectivity index (χ1n) is 14.1. The number of nitrogen functional groups attached to an aromatic ring is 1. The molecule has 0 saturated heterocycles. The first-order chi connectivity index (χ1) is 20.3. The number of aromatic nitrogens is 2. The minimum absolute atomic E-state index is 0.145. The van der Waals surface area contributed by atoms with Crippen LogP contribution in [0.2, 0.25) is 0 Å². The highest BCUT2D eigenvalue weighted by atomic mass is 16.6. The molecule has 0 atom stereocenters. The maximum absolute atomic E-state index is 13.3. The molecule has 42 heavy (non-hydrogen) atoms. The molecule has 1 amide bonds. The van der Waals surface area contributed by atoms with Crippen LogP contribution in [0.15, 0.2) is 128 Å². The topological polar surface area (TPSA) is 85.4 Å². The van der Waals surface area contributed by atoms with Gasteiger partial charge in [-0.1, -0.05) is 91.0 Å². The second kappa shape index (κ2) is 12.2. The molecule has 0 aliphatic heterocycles. The third-order valence-electron chi connectivity index (χ3n) is 7.19. The standard InChI is InChI=1S/C35H37N5O2/c1-34(2,3)40(31-21-19-30(36)20-22-31)33(41)42-26-25-39-32(23-24-37-39)38-35(27-13-7-4-8-14-27,28-15-9-5-10-16-28)29-17-11-6-12-18-29/h4-24,38H,25-26,36H2,1-3H3. The van der Waals surface area contributed by atoms with Crippen molar-refractivity contribution in [1.82, 2.24) is 9.78 Å². The number of hydrogen-bond acceptors (Lipinski definition) is 5. The summed E-state index contributed by atoms with van der Waals surface area (Å²) in [6, 6.07) is 40.3. The van der Waals surface area contributed by atoms with E-state index in [0.717, 1.165) is 28.2 Å². The fourth-order valence-corrected chi connectivity index (χ4v) is 5.26. The van der Waals surface area contributed by atoms with Gasteiger partial charge in [-0.3, -0.25) is 4.90 Å². The summed E-state index contributed by atoms with van der Waals surface area (Å²) >= 11 is 0. The lowest BCUT2D eigenvalue weighted by Gasteiger charge is -2.37. The SMILES string of the molecule is CC(C)(C)N(C(=O)OCCn1nccc1NC(c1ccccc1)(c1ccccc1)c1ccccc1)c1ccc(N)cc1. The molecule has 4 aromatic carbocycles. The number of nitrogens with one attached hydrogen (secondary N) is 1. The number of benzene rings is 4. The maximum atomic E-state index is 13.3. The van der Waals surface area contributed by atoms with Crippen molar-refractivity contribution in [2.24, 2.45) is 0 Å². The van der Waals surface area contributed by atoms with Crippen LogP contribution in [0.25, 0.3) is 0 Å². The quantitative estimate of drug-likeness (QED) is 0.146. The van der Waals surface area contributed by atoms with E-state index < -0.39 is 17.2 Å². The molecule has 7 heteroatoms. The van der Waals surface area contributed by atoms with Gasteiger partial charge in [0.25, 0.3) is 0 Å². The van der Waals surface area contributed by atoms with Crippen LogP contribution >= 0.6 is 0 Å². The Morgan fingerprint density at radius 2 is 1.29 bits per heavy atom. The first-order valence-corrected chi connectivity index (χ1v) is 14.1. The van der Waals surface area contributed by atoms with Gasteiger partial charge >= 0.3 is 6.09 Å². The highest BCUT2D eigenvalue weighted by Crippen LogP contribution is 2.40. The Bertz CT molecular complexity index is 1480. The van der Waals surface area contributed by atoms with Crippen molar-refractivity contribution >= 4 is 23.3 Å². The summed E-state index contributed by atoms with van der Waals surface area (Å²) in [6.07, 6.45) is 1.33. The average molecular weight is 560 g/mol. The van der Waals surface area contributed by atoms with Gasteiger partial charge in [0.05, 0.1) is 12.7 Å². The lowest BCUT2D eigenvalue weighted by Crippen LogP contribution is -2.46. The Morgan fingerprint density at radius 3 is 1.76 bits per heavy atom.